The summed E-state index contributed by atoms with van der Waals surface area (Å²) < 4.78 is 0. The molecular formula is C16H25N3O2. The lowest BCUT2D eigenvalue weighted by molar-refractivity contribution is -0.120. The van der Waals surface area contributed by atoms with Crippen LogP contribution in [0.4, 0.5) is 5.69 Å². The average Bonchev–Trinajstić information content (AvgIpc) is 2.49. The van der Waals surface area contributed by atoms with Gasteiger partial charge in [0.1, 0.15) is 0 Å². The van der Waals surface area contributed by atoms with Crippen molar-refractivity contribution in [1.82, 2.24) is 5.32 Å². The second-order valence-corrected chi connectivity index (χ2v) is 5.01. The molecule has 0 radical (unpaired) electrons. The molecular weight excluding hydrogens is 266 g/mol. The van der Waals surface area contributed by atoms with Crippen LogP contribution in [0.3, 0.4) is 0 Å². The molecule has 0 fully saturated rings. The number of anilines is 1. The van der Waals surface area contributed by atoms with E-state index in [1.54, 1.807) is 7.05 Å². The molecule has 1 aromatic rings. The molecule has 0 atom stereocenters. The van der Waals surface area contributed by atoms with Crippen LogP contribution >= 0.6 is 0 Å². The van der Waals surface area contributed by atoms with Crippen LogP contribution in [-0.2, 0) is 16.0 Å². The van der Waals surface area contributed by atoms with Crippen LogP contribution in [0.15, 0.2) is 24.3 Å². The van der Waals surface area contributed by atoms with E-state index < -0.39 is 0 Å². The lowest BCUT2D eigenvalue weighted by Crippen LogP contribution is -2.21. The van der Waals surface area contributed by atoms with Crippen molar-refractivity contribution in [3.05, 3.63) is 29.8 Å². The summed E-state index contributed by atoms with van der Waals surface area (Å²) in [4.78, 5) is 23.4. The molecule has 1 rings (SSSR count). The van der Waals surface area contributed by atoms with Gasteiger partial charge in [0, 0.05) is 19.2 Å². The Morgan fingerprint density at radius 2 is 1.76 bits per heavy atom. The highest BCUT2D eigenvalue weighted by Gasteiger charge is 2.09. The second-order valence-electron chi connectivity index (χ2n) is 5.01. The van der Waals surface area contributed by atoms with Crippen LogP contribution in [0.5, 0.6) is 0 Å². The highest BCUT2D eigenvalue weighted by molar-refractivity contribution is 5.92. The Bertz CT molecular complexity index is 461. The normalized spacial score (nSPS) is 10.2. The Hall–Kier alpha value is -1.88. The zero-order chi connectivity index (χ0) is 15.5. The van der Waals surface area contributed by atoms with Crippen LogP contribution < -0.4 is 16.4 Å². The van der Waals surface area contributed by atoms with E-state index in [4.69, 9.17) is 5.73 Å². The van der Waals surface area contributed by atoms with Crippen molar-refractivity contribution in [3.8, 4) is 0 Å². The Balaban J connectivity index is 2.46. The molecule has 116 valence electrons. The summed E-state index contributed by atoms with van der Waals surface area (Å²) >= 11 is 0. The largest absolute Gasteiger partial charge is 0.359 e. The maximum Gasteiger partial charge on any atom is 0.224 e. The highest BCUT2D eigenvalue weighted by atomic mass is 16.2. The van der Waals surface area contributed by atoms with E-state index in [1.807, 2.05) is 24.3 Å². The zero-order valence-electron chi connectivity index (χ0n) is 12.7. The first-order chi connectivity index (χ1) is 10.2. The third-order valence-corrected chi connectivity index (χ3v) is 3.28. The molecule has 0 saturated carbocycles. The fourth-order valence-corrected chi connectivity index (χ4v) is 2.05. The third kappa shape index (κ3) is 6.90. The number of benzene rings is 1. The van der Waals surface area contributed by atoms with Gasteiger partial charge < -0.3 is 16.4 Å². The Labute approximate surface area is 126 Å². The van der Waals surface area contributed by atoms with E-state index in [0.29, 0.717) is 18.7 Å². The summed E-state index contributed by atoms with van der Waals surface area (Å²) in [6.45, 7) is 0.707. The van der Waals surface area contributed by atoms with Gasteiger partial charge in [-0.3, -0.25) is 9.59 Å². The SMILES string of the molecule is CNC(=O)Cc1ccccc1NC(=O)CCCCCCN. The quantitative estimate of drug-likeness (QED) is 0.607. The van der Waals surface area contributed by atoms with E-state index in [-0.39, 0.29) is 18.2 Å². The van der Waals surface area contributed by atoms with Crippen molar-refractivity contribution < 1.29 is 9.59 Å². The van der Waals surface area contributed by atoms with Crippen molar-refractivity contribution in [2.45, 2.75) is 38.5 Å². The van der Waals surface area contributed by atoms with Gasteiger partial charge in [0.2, 0.25) is 11.8 Å². The Kier molecular flexibility index (Phi) is 8.12. The fourth-order valence-electron chi connectivity index (χ4n) is 2.05. The third-order valence-electron chi connectivity index (χ3n) is 3.28. The molecule has 0 heterocycles. The number of rotatable bonds is 9. The minimum Gasteiger partial charge on any atom is -0.359 e. The molecule has 0 aliphatic rings. The number of nitrogens with two attached hydrogens (primary N) is 1. The van der Waals surface area contributed by atoms with E-state index >= 15 is 0 Å². The van der Waals surface area contributed by atoms with E-state index in [0.717, 1.165) is 31.2 Å². The number of carbonyl (C=O) groups is 2. The number of nitrogens with one attached hydrogen (secondary N) is 2. The van der Waals surface area contributed by atoms with Gasteiger partial charge in [-0.25, -0.2) is 0 Å². The first-order valence-electron chi connectivity index (χ1n) is 7.45. The number of hydrogen-bond acceptors (Lipinski definition) is 3. The van der Waals surface area contributed by atoms with Crippen LogP contribution in [0, 0.1) is 0 Å². The van der Waals surface area contributed by atoms with Crippen LogP contribution in [0.2, 0.25) is 0 Å². The molecule has 0 spiro atoms. The summed E-state index contributed by atoms with van der Waals surface area (Å²) in [5.74, 6) is -0.0782. The van der Waals surface area contributed by atoms with Crippen molar-refractivity contribution >= 4 is 17.5 Å². The zero-order valence-corrected chi connectivity index (χ0v) is 12.7. The molecule has 1 aromatic carbocycles. The lowest BCUT2D eigenvalue weighted by Gasteiger charge is -2.10. The molecule has 21 heavy (non-hydrogen) atoms. The molecule has 2 amide bonds. The smallest absolute Gasteiger partial charge is 0.224 e. The summed E-state index contributed by atoms with van der Waals surface area (Å²) in [6.07, 6.45) is 4.73. The van der Waals surface area contributed by atoms with Crippen molar-refractivity contribution in [2.75, 3.05) is 18.9 Å². The summed E-state index contributed by atoms with van der Waals surface area (Å²) in [6, 6.07) is 7.39. The van der Waals surface area contributed by atoms with Gasteiger partial charge in [-0.2, -0.15) is 0 Å². The van der Waals surface area contributed by atoms with Crippen molar-refractivity contribution in [1.29, 1.82) is 0 Å². The second kappa shape index (κ2) is 9.94. The molecule has 0 bridgehead atoms. The van der Waals surface area contributed by atoms with Gasteiger partial charge in [-0.1, -0.05) is 31.0 Å². The molecule has 0 aliphatic heterocycles. The first-order valence-corrected chi connectivity index (χ1v) is 7.45. The first kappa shape index (κ1) is 17.2. The Morgan fingerprint density at radius 1 is 1.05 bits per heavy atom. The predicted molar refractivity (Wildman–Crippen MR) is 85.0 cm³/mol. The molecule has 0 aromatic heterocycles. The maximum absolute atomic E-state index is 11.9. The number of unbranched alkanes of at least 4 members (excludes halogenated alkanes) is 3. The summed E-state index contributed by atoms with van der Waals surface area (Å²) in [7, 11) is 1.60. The van der Waals surface area contributed by atoms with Crippen molar-refractivity contribution in [2.24, 2.45) is 5.73 Å². The van der Waals surface area contributed by atoms with E-state index in [1.165, 1.54) is 0 Å². The van der Waals surface area contributed by atoms with Gasteiger partial charge in [0.25, 0.3) is 0 Å². The minimum absolute atomic E-state index is 0.00731. The highest BCUT2D eigenvalue weighted by Crippen LogP contribution is 2.16. The molecule has 0 aliphatic carbocycles. The van der Waals surface area contributed by atoms with Crippen LogP contribution in [-0.4, -0.2) is 25.4 Å². The summed E-state index contributed by atoms with van der Waals surface area (Å²) in [5, 5.41) is 5.47. The van der Waals surface area contributed by atoms with Gasteiger partial charge >= 0.3 is 0 Å². The lowest BCUT2D eigenvalue weighted by atomic mass is 10.1. The van der Waals surface area contributed by atoms with E-state index in [9.17, 15) is 9.59 Å². The number of amides is 2. The fraction of sp³-hybridized carbons (Fsp3) is 0.500. The van der Waals surface area contributed by atoms with Gasteiger partial charge in [0.15, 0.2) is 0 Å². The number of likely N-dealkylation sites (N-methyl/N-ethyl adjacent to an activating group) is 1. The maximum atomic E-state index is 11.9. The standard InChI is InChI=1S/C16H25N3O2/c1-18-16(21)12-13-8-5-6-9-14(13)19-15(20)10-4-2-3-7-11-17/h5-6,8-9H,2-4,7,10-12,17H2,1H3,(H,18,21)(H,19,20). The average molecular weight is 291 g/mol. The topological polar surface area (TPSA) is 84.2 Å². The molecule has 0 saturated heterocycles. The number of para-hydroxylation sites is 1. The predicted octanol–water partition coefficient (Wildman–Crippen LogP) is 1.82. The summed E-state index contributed by atoms with van der Waals surface area (Å²) in [5.41, 5.74) is 6.97. The van der Waals surface area contributed by atoms with Crippen molar-refractivity contribution in [3.63, 3.8) is 0 Å². The van der Waals surface area contributed by atoms with Crippen LogP contribution in [0.25, 0.3) is 0 Å². The molecule has 0 unspecified atom stereocenters. The minimum atomic E-state index is -0.0708. The molecule has 5 heteroatoms. The number of hydrogen-bond donors (Lipinski definition) is 3. The number of carbonyl (C=O) groups excluding carboxylic acids is 2. The molecule has 4 N–H and O–H groups in total. The van der Waals surface area contributed by atoms with Gasteiger partial charge in [-0.05, 0) is 31.0 Å². The van der Waals surface area contributed by atoms with Gasteiger partial charge in [-0.15, -0.1) is 0 Å². The van der Waals surface area contributed by atoms with E-state index in [2.05, 4.69) is 10.6 Å². The molecule has 5 nitrogen and oxygen atoms in total. The van der Waals surface area contributed by atoms with Crippen LogP contribution in [0.1, 0.15) is 37.7 Å². The van der Waals surface area contributed by atoms with Gasteiger partial charge in [0.05, 0.1) is 6.42 Å². The monoisotopic (exact) mass is 291 g/mol. The Morgan fingerprint density at radius 3 is 2.48 bits per heavy atom.